The second kappa shape index (κ2) is 9.00. The topological polar surface area (TPSA) is 151 Å². The van der Waals surface area contributed by atoms with E-state index in [1.165, 1.54) is 21.7 Å². The summed E-state index contributed by atoms with van der Waals surface area (Å²) < 4.78 is 1.23. The van der Waals surface area contributed by atoms with Crippen LogP contribution in [0.3, 0.4) is 0 Å². The monoisotopic (exact) mass is 455 g/mol. The van der Waals surface area contributed by atoms with Crippen molar-refractivity contribution in [3.63, 3.8) is 0 Å². The molecule has 0 spiro atoms. The third-order valence-corrected chi connectivity index (χ3v) is 6.30. The number of aromatic nitrogens is 2. The molecule has 1 aromatic heterocycles. The molecule has 1 aliphatic carbocycles. The summed E-state index contributed by atoms with van der Waals surface area (Å²) in [5, 5.41) is 27.6. The number of hydrazone groups is 1. The quantitative estimate of drug-likeness (QED) is 0.522. The van der Waals surface area contributed by atoms with Gasteiger partial charge in [0.15, 0.2) is 0 Å². The van der Waals surface area contributed by atoms with E-state index >= 15 is 0 Å². The Kier molecular flexibility index (Phi) is 6.12. The van der Waals surface area contributed by atoms with E-state index in [1.54, 1.807) is 19.1 Å². The number of carbonyl (C=O) groups is 1. The van der Waals surface area contributed by atoms with Gasteiger partial charge in [0.05, 0.1) is 16.7 Å². The van der Waals surface area contributed by atoms with Crippen LogP contribution < -0.4 is 11.2 Å². The number of aromatic hydroxyl groups is 1. The van der Waals surface area contributed by atoms with Crippen molar-refractivity contribution in [1.82, 2.24) is 14.6 Å². The summed E-state index contributed by atoms with van der Waals surface area (Å²) in [7, 11) is 0. The fourth-order valence-electron chi connectivity index (χ4n) is 4.61. The van der Waals surface area contributed by atoms with Gasteiger partial charge >= 0.3 is 5.69 Å². The number of rotatable bonds is 5. The van der Waals surface area contributed by atoms with Gasteiger partial charge in [0.25, 0.3) is 11.2 Å². The summed E-state index contributed by atoms with van der Waals surface area (Å²) >= 11 is 0. The van der Waals surface area contributed by atoms with E-state index in [0.29, 0.717) is 5.56 Å². The Labute approximate surface area is 188 Å². The predicted octanol–water partition coefficient (Wildman–Crippen LogP) is 2.74. The first kappa shape index (κ1) is 22.4. The Hall–Kier alpha value is -3.76. The minimum atomic E-state index is -0.767. The summed E-state index contributed by atoms with van der Waals surface area (Å²) in [5.41, 5.74) is -0.851. The third kappa shape index (κ3) is 4.18. The van der Waals surface area contributed by atoms with Crippen molar-refractivity contribution in [3.8, 4) is 5.88 Å². The summed E-state index contributed by atoms with van der Waals surface area (Å²) in [4.78, 5) is 50.6. The smallest absolute Gasteiger partial charge is 0.331 e. The molecule has 1 amide bonds. The first-order valence-corrected chi connectivity index (χ1v) is 11.0. The molecule has 2 N–H and O–H groups in total. The van der Waals surface area contributed by atoms with Crippen LogP contribution in [0.25, 0.3) is 0 Å². The van der Waals surface area contributed by atoms with Crippen molar-refractivity contribution < 1.29 is 14.8 Å². The SMILES string of the molecule is CCC(=O)N1N=C(c2c(O)n(C3CCCCC3)c(=O)[nH]c2=O)CC1c1ccc([N+](=O)[O-])cc1. The second-order valence-electron chi connectivity index (χ2n) is 8.33. The lowest BCUT2D eigenvalue weighted by Crippen LogP contribution is -2.36. The second-order valence-corrected chi connectivity index (χ2v) is 8.33. The average molecular weight is 455 g/mol. The van der Waals surface area contributed by atoms with Crippen molar-refractivity contribution in [2.24, 2.45) is 5.10 Å². The van der Waals surface area contributed by atoms with Crippen molar-refractivity contribution in [2.75, 3.05) is 0 Å². The molecule has 2 heterocycles. The molecule has 2 aromatic rings. The number of nitrogens with zero attached hydrogens (tertiary/aromatic N) is 4. The Morgan fingerprint density at radius 2 is 1.88 bits per heavy atom. The highest BCUT2D eigenvalue weighted by molar-refractivity contribution is 6.04. The molecule has 33 heavy (non-hydrogen) atoms. The van der Waals surface area contributed by atoms with Gasteiger partial charge in [0.2, 0.25) is 11.8 Å². The van der Waals surface area contributed by atoms with Gasteiger partial charge in [-0.25, -0.2) is 9.80 Å². The fourth-order valence-corrected chi connectivity index (χ4v) is 4.61. The number of aromatic amines is 1. The molecule has 1 aliphatic heterocycles. The Balaban J connectivity index is 1.76. The molecule has 1 fully saturated rings. The maximum atomic E-state index is 12.7. The van der Waals surface area contributed by atoms with E-state index < -0.39 is 28.1 Å². The van der Waals surface area contributed by atoms with Crippen molar-refractivity contribution >= 4 is 17.3 Å². The minimum absolute atomic E-state index is 0.0834. The fraction of sp³-hybridized carbons (Fsp3) is 0.455. The normalized spacial score (nSPS) is 18.9. The molecule has 0 saturated heterocycles. The van der Waals surface area contributed by atoms with Crippen LogP contribution in [0.2, 0.25) is 0 Å². The molecule has 0 bridgehead atoms. The average Bonchev–Trinajstić information content (AvgIpc) is 3.24. The molecule has 11 heteroatoms. The van der Waals surface area contributed by atoms with Crippen LogP contribution in [0.15, 0.2) is 39.0 Å². The number of nitro benzene ring substituents is 1. The summed E-state index contributed by atoms with van der Waals surface area (Å²) in [6.45, 7) is 1.68. The molecular formula is C22H25N5O6. The number of amides is 1. The molecule has 0 radical (unpaired) electrons. The summed E-state index contributed by atoms with van der Waals surface area (Å²) in [6, 6.07) is 4.96. The number of nitro groups is 1. The van der Waals surface area contributed by atoms with Crippen LogP contribution in [0.5, 0.6) is 5.88 Å². The number of H-pyrrole nitrogens is 1. The first-order chi connectivity index (χ1) is 15.8. The van der Waals surface area contributed by atoms with Crippen molar-refractivity contribution in [1.29, 1.82) is 0 Å². The molecule has 11 nitrogen and oxygen atoms in total. The lowest BCUT2D eigenvalue weighted by molar-refractivity contribution is -0.384. The van der Waals surface area contributed by atoms with Gasteiger partial charge in [-0.2, -0.15) is 5.10 Å². The number of nitrogens with one attached hydrogen (secondary N) is 1. The van der Waals surface area contributed by atoms with E-state index in [4.69, 9.17) is 0 Å². The molecule has 2 aliphatic rings. The van der Waals surface area contributed by atoms with Gasteiger partial charge in [0.1, 0.15) is 5.56 Å². The van der Waals surface area contributed by atoms with Gasteiger partial charge in [-0.1, -0.05) is 38.3 Å². The summed E-state index contributed by atoms with van der Waals surface area (Å²) in [5.74, 6) is -0.743. The molecule has 1 atom stereocenters. The van der Waals surface area contributed by atoms with Crippen LogP contribution in [0.1, 0.15) is 75.1 Å². The van der Waals surface area contributed by atoms with Crippen molar-refractivity contribution in [2.45, 2.75) is 64.0 Å². The van der Waals surface area contributed by atoms with E-state index in [0.717, 1.165) is 32.1 Å². The van der Waals surface area contributed by atoms with Crippen LogP contribution in [-0.4, -0.2) is 36.2 Å². The predicted molar refractivity (Wildman–Crippen MR) is 119 cm³/mol. The van der Waals surface area contributed by atoms with Gasteiger partial charge in [0, 0.05) is 31.0 Å². The van der Waals surface area contributed by atoms with E-state index in [2.05, 4.69) is 10.1 Å². The van der Waals surface area contributed by atoms with Crippen LogP contribution in [0.4, 0.5) is 5.69 Å². The molecule has 1 aromatic carbocycles. The maximum absolute atomic E-state index is 12.7. The summed E-state index contributed by atoms with van der Waals surface area (Å²) in [6.07, 6.45) is 4.61. The zero-order valence-corrected chi connectivity index (χ0v) is 18.2. The molecule has 1 saturated carbocycles. The highest BCUT2D eigenvalue weighted by atomic mass is 16.6. The standard InChI is InChI=1S/C22H25N5O6/c1-2-18(28)26-17(13-8-10-15(11-9-13)27(32)33)12-16(24-26)19-20(29)23-22(31)25(21(19)30)14-6-4-3-5-7-14/h8-11,14,17,30H,2-7,12H2,1H3,(H,23,29,31). The van der Waals surface area contributed by atoms with E-state index in [1.807, 2.05) is 0 Å². The van der Waals surface area contributed by atoms with Crippen LogP contribution in [0, 0.1) is 10.1 Å². The van der Waals surface area contributed by atoms with Gasteiger partial charge in [-0.15, -0.1) is 0 Å². The number of non-ortho nitro benzene ring substituents is 1. The van der Waals surface area contributed by atoms with Crippen molar-refractivity contribution in [3.05, 3.63) is 66.3 Å². The Morgan fingerprint density at radius 1 is 1.21 bits per heavy atom. The molecule has 174 valence electrons. The number of hydrogen-bond donors (Lipinski definition) is 2. The Morgan fingerprint density at radius 3 is 2.48 bits per heavy atom. The molecular weight excluding hydrogens is 430 g/mol. The first-order valence-electron chi connectivity index (χ1n) is 11.0. The van der Waals surface area contributed by atoms with Gasteiger partial charge in [-0.05, 0) is 18.4 Å². The Bertz CT molecular complexity index is 1220. The highest BCUT2D eigenvalue weighted by Crippen LogP contribution is 2.36. The third-order valence-electron chi connectivity index (χ3n) is 6.30. The van der Waals surface area contributed by atoms with Gasteiger partial charge in [-0.3, -0.25) is 29.3 Å². The zero-order valence-electron chi connectivity index (χ0n) is 18.2. The molecule has 4 rings (SSSR count). The lowest BCUT2D eigenvalue weighted by atomic mass is 9.95. The zero-order chi connectivity index (χ0) is 23.7. The minimum Gasteiger partial charge on any atom is -0.494 e. The highest BCUT2D eigenvalue weighted by Gasteiger charge is 2.36. The van der Waals surface area contributed by atoms with Crippen LogP contribution in [-0.2, 0) is 4.79 Å². The lowest BCUT2D eigenvalue weighted by Gasteiger charge is -2.25. The number of carbonyl (C=O) groups excluding carboxylic acids is 1. The number of benzene rings is 1. The molecule has 1 unspecified atom stereocenters. The van der Waals surface area contributed by atoms with Gasteiger partial charge < -0.3 is 5.11 Å². The maximum Gasteiger partial charge on any atom is 0.331 e. The van der Waals surface area contributed by atoms with E-state index in [-0.39, 0.29) is 41.8 Å². The van der Waals surface area contributed by atoms with E-state index in [9.17, 15) is 29.6 Å². The largest absolute Gasteiger partial charge is 0.494 e. The number of hydrogen-bond acceptors (Lipinski definition) is 7. The van der Waals surface area contributed by atoms with Crippen LogP contribution >= 0.6 is 0 Å².